The molecule has 128 valence electrons. The molecule has 0 radical (unpaired) electrons. The van der Waals surface area contributed by atoms with Gasteiger partial charge in [0.1, 0.15) is 5.82 Å². The summed E-state index contributed by atoms with van der Waals surface area (Å²) >= 11 is 1.88. The first-order chi connectivity index (χ1) is 10.9. The van der Waals surface area contributed by atoms with Gasteiger partial charge >= 0.3 is 0 Å². The Bertz CT molecular complexity index is 568. The summed E-state index contributed by atoms with van der Waals surface area (Å²) in [5.74, 6) is 3.77. The van der Waals surface area contributed by atoms with Crippen LogP contribution in [0.2, 0.25) is 0 Å². The highest BCUT2D eigenvalue weighted by atomic mass is 32.2. The Hall–Kier alpha value is -0.970. The normalized spacial score (nSPS) is 18.9. The van der Waals surface area contributed by atoms with Gasteiger partial charge in [-0.15, -0.1) is 0 Å². The summed E-state index contributed by atoms with van der Waals surface area (Å²) in [7, 11) is 0. The highest BCUT2D eigenvalue weighted by Gasteiger charge is 2.28. The summed E-state index contributed by atoms with van der Waals surface area (Å²) in [6.45, 7) is 6.42. The molecule has 0 bridgehead atoms. The molecule has 1 fully saturated rings. The molecule has 1 aromatic heterocycles. The molecule has 1 aliphatic carbocycles. The fourth-order valence-corrected chi connectivity index (χ4v) is 4.67. The number of nitrogens with zero attached hydrogens (tertiary/aromatic N) is 2. The Morgan fingerprint density at radius 2 is 2.00 bits per heavy atom. The van der Waals surface area contributed by atoms with E-state index in [2.05, 4.69) is 26.1 Å². The van der Waals surface area contributed by atoms with Crippen molar-refractivity contribution in [1.29, 1.82) is 0 Å². The topological polar surface area (TPSA) is 46.9 Å². The summed E-state index contributed by atoms with van der Waals surface area (Å²) in [5, 5.41) is 7.93. The van der Waals surface area contributed by atoms with Crippen molar-refractivity contribution in [2.75, 3.05) is 5.32 Å². The quantitative estimate of drug-likeness (QED) is 0.868. The maximum Gasteiger partial charge on any atom is 0.225 e. The minimum absolute atomic E-state index is 0.110. The van der Waals surface area contributed by atoms with Gasteiger partial charge in [0, 0.05) is 23.5 Å². The number of rotatable bonds is 4. The predicted octanol–water partition coefficient (Wildman–Crippen LogP) is 4.68. The molecule has 4 nitrogen and oxygen atoms in total. The molecule has 0 unspecified atom stereocenters. The molecule has 0 atom stereocenters. The maximum absolute atomic E-state index is 12.5. The molecule has 3 rings (SSSR count). The van der Waals surface area contributed by atoms with Crippen LogP contribution < -0.4 is 5.32 Å². The molecule has 5 heteroatoms. The van der Waals surface area contributed by atoms with Gasteiger partial charge in [-0.3, -0.25) is 4.79 Å². The van der Waals surface area contributed by atoms with Crippen LogP contribution in [0.15, 0.2) is 0 Å². The Balaban J connectivity index is 1.65. The standard InChI is InChI=1S/C18H29N3OS/c1-18(2,3)21-17(14-11-23-12-15(14)20-21)19-16(22)10-9-13-7-5-4-6-8-13/h13H,4-12H2,1-3H3,(H,19,22). The van der Waals surface area contributed by atoms with Crippen LogP contribution in [0, 0.1) is 5.92 Å². The largest absolute Gasteiger partial charge is 0.311 e. The molecule has 1 aromatic rings. The van der Waals surface area contributed by atoms with E-state index in [1.165, 1.54) is 37.7 Å². The number of carbonyl (C=O) groups is 1. The second-order valence-corrected chi connectivity index (χ2v) is 8.93. The SMILES string of the molecule is CC(C)(C)n1nc2c(c1NC(=O)CCC1CCCCC1)CSC2. The van der Waals surface area contributed by atoms with Crippen LogP contribution in [0.4, 0.5) is 5.82 Å². The van der Waals surface area contributed by atoms with E-state index in [0.717, 1.165) is 35.4 Å². The van der Waals surface area contributed by atoms with Crippen molar-refractivity contribution in [3.05, 3.63) is 11.3 Å². The van der Waals surface area contributed by atoms with Crippen LogP contribution in [0.3, 0.4) is 0 Å². The third-order valence-electron chi connectivity index (χ3n) is 4.95. The Kier molecular flexibility index (Phi) is 5.04. The molecule has 0 aromatic carbocycles. The van der Waals surface area contributed by atoms with E-state index in [9.17, 15) is 4.79 Å². The number of amides is 1. The number of hydrogen-bond donors (Lipinski definition) is 1. The maximum atomic E-state index is 12.5. The van der Waals surface area contributed by atoms with Gasteiger partial charge < -0.3 is 5.32 Å². The van der Waals surface area contributed by atoms with Crippen molar-refractivity contribution in [2.24, 2.45) is 5.92 Å². The van der Waals surface area contributed by atoms with Crippen molar-refractivity contribution in [3.8, 4) is 0 Å². The molecule has 23 heavy (non-hydrogen) atoms. The first kappa shape index (κ1) is 16.9. The molecule has 1 N–H and O–H groups in total. The summed E-state index contributed by atoms with van der Waals surface area (Å²) in [6.07, 6.45) is 8.34. The summed E-state index contributed by atoms with van der Waals surface area (Å²) < 4.78 is 2.01. The van der Waals surface area contributed by atoms with E-state index in [-0.39, 0.29) is 11.4 Å². The Morgan fingerprint density at radius 3 is 2.70 bits per heavy atom. The number of carbonyl (C=O) groups excluding carboxylic acids is 1. The lowest BCUT2D eigenvalue weighted by atomic mass is 9.86. The van der Waals surface area contributed by atoms with Crippen LogP contribution >= 0.6 is 11.8 Å². The van der Waals surface area contributed by atoms with Crippen molar-refractivity contribution in [2.45, 2.75) is 82.8 Å². The number of nitrogens with one attached hydrogen (secondary N) is 1. The molecular weight excluding hydrogens is 306 g/mol. The van der Waals surface area contributed by atoms with Gasteiger partial charge in [-0.1, -0.05) is 32.1 Å². The number of fused-ring (bicyclic) bond motifs is 1. The van der Waals surface area contributed by atoms with E-state index in [1.54, 1.807) is 0 Å². The van der Waals surface area contributed by atoms with Gasteiger partial charge in [-0.05, 0) is 33.1 Å². The average Bonchev–Trinajstić information content (AvgIpc) is 3.08. The lowest BCUT2D eigenvalue weighted by Gasteiger charge is -2.24. The zero-order valence-corrected chi connectivity index (χ0v) is 15.5. The molecule has 1 aliphatic heterocycles. The van der Waals surface area contributed by atoms with Crippen LogP contribution in [-0.4, -0.2) is 15.7 Å². The smallest absolute Gasteiger partial charge is 0.225 e. The van der Waals surface area contributed by atoms with Crippen LogP contribution in [0.5, 0.6) is 0 Å². The molecule has 2 aliphatic rings. The molecule has 0 spiro atoms. The van der Waals surface area contributed by atoms with Gasteiger partial charge in [-0.2, -0.15) is 16.9 Å². The van der Waals surface area contributed by atoms with E-state index >= 15 is 0 Å². The predicted molar refractivity (Wildman–Crippen MR) is 96.7 cm³/mol. The summed E-state index contributed by atoms with van der Waals surface area (Å²) in [5.41, 5.74) is 2.27. The molecule has 0 saturated heterocycles. The van der Waals surface area contributed by atoms with Gasteiger partial charge in [0.2, 0.25) is 5.91 Å². The van der Waals surface area contributed by atoms with E-state index in [1.807, 2.05) is 16.4 Å². The molecular formula is C18H29N3OS. The van der Waals surface area contributed by atoms with Crippen LogP contribution in [0.25, 0.3) is 0 Å². The summed E-state index contributed by atoms with van der Waals surface area (Å²) in [4.78, 5) is 12.5. The third kappa shape index (κ3) is 3.93. The number of anilines is 1. The lowest BCUT2D eigenvalue weighted by molar-refractivity contribution is -0.116. The molecule has 1 amide bonds. The van der Waals surface area contributed by atoms with Crippen LogP contribution in [-0.2, 0) is 21.8 Å². The number of hydrogen-bond acceptors (Lipinski definition) is 3. The number of thioether (sulfide) groups is 1. The van der Waals surface area contributed by atoms with E-state index in [4.69, 9.17) is 5.10 Å². The second kappa shape index (κ2) is 6.88. The monoisotopic (exact) mass is 335 g/mol. The molecule has 2 heterocycles. The average molecular weight is 336 g/mol. The number of aromatic nitrogens is 2. The lowest BCUT2D eigenvalue weighted by Crippen LogP contribution is -2.27. The van der Waals surface area contributed by atoms with E-state index in [0.29, 0.717) is 6.42 Å². The van der Waals surface area contributed by atoms with Crippen LogP contribution in [0.1, 0.15) is 77.0 Å². The fraction of sp³-hybridized carbons (Fsp3) is 0.778. The minimum atomic E-state index is -0.110. The van der Waals surface area contributed by atoms with Gasteiger partial charge in [0.25, 0.3) is 0 Å². The minimum Gasteiger partial charge on any atom is -0.311 e. The van der Waals surface area contributed by atoms with Crippen molar-refractivity contribution in [1.82, 2.24) is 9.78 Å². The zero-order chi connectivity index (χ0) is 16.4. The van der Waals surface area contributed by atoms with Crippen molar-refractivity contribution in [3.63, 3.8) is 0 Å². The molecule has 1 saturated carbocycles. The first-order valence-electron chi connectivity index (χ1n) is 8.94. The zero-order valence-electron chi connectivity index (χ0n) is 14.7. The van der Waals surface area contributed by atoms with Gasteiger partial charge in [-0.25, -0.2) is 4.68 Å². The first-order valence-corrected chi connectivity index (χ1v) is 10.1. The Labute approximate surface area is 143 Å². The van der Waals surface area contributed by atoms with Gasteiger partial charge in [0.15, 0.2) is 0 Å². The second-order valence-electron chi connectivity index (χ2n) is 7.94. The third-order valence-corrected chi connectivity index (χ3v) is 5.92. The van der Waals surface area contributed by atoms with Crippen molar-refractivity contribution >= 4 is 23.5 Å². The Morgan fingerprint density at radius 1 is 1.26 bits per heavy atom. The van der Waals surface area contributed by atoms with E-state index < -0.39 is 0 Å². The summed E-state index contributed by atoms with van der Waals surface area (Å²) in [6, 6.07) is 0. The highest BCUT2D eigenvalue weighted by molar-refractivity contribution is 7.98. The fourth-order valence-electron chi connectivity index (χ4n) is 3.63. The van der Waals surface area contributed by atoms with Gasteiger partial charge in [0.05, 0.1) is 11.2 Å². The highest BCUT2D eigenvalue weighted by Crippen LogP contribution is 2.37. The van der Waals surface area contributed by atoms with Crippen molar-refractivity contribution < 1.29 is 4.79 Å².